The topological polar surface area (TPSA) is 145 Å². The molecule has 0 heterocycles. The molecule has 0 aromatic carbocycles. The Kier molecular flexibility index (Phi) is 61.4. The van der Waals surface area contributed by atoms with E-state index in [1.165, 1.54) is 116 Å². The third-order valence-corrected chi connectivity index (χ3v) is 7.52. The first kappa shape index (κ1) is 58.3. The van der Waals surface area contributed by atoms with Gasteiger partial charge in [-0.25, -0.2) is 0 Å². The molecule has 0 unspecified atom stereocenters. The maximum atomic E-state index is 8.52. The summed E-state index contributed by atoms with van der Waals surface area (Å²) in [5, 5.41) is 0. The van der Waals surface area contributed by atoms with Crippen LogP contribution in [0.5, 0.6) is 0 Å². The van der Waals surface area contributed by atoms with Crippen LogP contribution in [0, 0.1) is 0 Å². The van der Waals surface area contributed by atoms with E-state index in [9.17, 15) is 0 Å². The van der Waals surface area contributed by atoms with Gasteiger partial charge >= 0.3 is 59.1 Å². The molecule has 0 N–H and O–H groups in total. The van der Waals surface area contributed by atoms with E-state index in [2.05, 4.69) is 13.8 Å². The summed E-state index contributed by atoms with van der Waals surface area (Å²) >= 11 is 0. The molecule has 0 aliphatic carbocycles. The quantitative estimate of drug-likeness (QED) is 0.0389. The van der Waals surface area contributed by atoms with E-state index >= 15 is 0 Å². The zero-order valence-corrected chi connectivity index (χ0v) is 37.8. The zero-order chi connectivity index (χ0) is 35.5. The van der Waals surface area contributed by atoms with Gasteiger partial charge in [-0.2, -0.15) is 0 Å². The third-order valence-electron chi connectivity index (χ3n) is 7.52. The molecule has 50 heavy (non-hydrogen) atoms. The molecule has 0 aliphatic rings. The molecule has 0 aliphatic heterocycles. The van der Waals surface area contributed by atoms with Gasteiger partial charge in [-0.1, -0.05) is 129 Å². The van der Waals surface area contributed by atoms with Crippen LogP contribution in [0.2, 0.25) is 0 Å². The SMILES string of the molecule is CCCCCCCCCCCCOCCOCCOCCOCCOCCOCCOCCCCCCCCCCCC.O=S(=O)([O-])[O-].[Na+].[Na+]. The first-order valence-corrected chi connectivity index (χ1v) is 20.5. The van der Waals surface area contributed by atoms with E-state index in [1.807, 2.05) is 0 Å². The smallest absolute Gasteiger partial charge is 0.759 e. The molecule has 0 fully saturated rings. The number of hydrogen-bond acceptors (Lipinski definition) is 11. The molecule has 0 rings (SSSR count). The predicted octanol–water partition coefficient (Wildman–Crippen LogP) is 1.61. The molecule has 11 nitrogen and oxygen atoms in total. The van der Waals surface area contributed by atoms with E-state index in [1.54, 1.807) is 0 Å². The van der Waals surface area contributed by atoms with Crippen molar-refractivity contribution < 1.29 is 110 Å². The van der Waals surface area contributed by atoms with Crippen molar-refractivity contribution in [3.8, 4) is 0 Å². The number of hydrogen-bond donors (Lipinski definition) is 0. The van der Waals surface area contributed by atoms with Gasteiger partial charge < -0.3 is 42.3 Å². The fourth-order valence-corrected chi connectivity index (χ4v) is 4.80. The molecule has 0 aromatic rings. The van der Waals surface area contributed by atoms with Crippen molar-refractivity contribution >= 4 is 10.4 Å². The van der Waals surface area contributed by atoms with Crippen LogP contribution >= 0.6 is 0 Å². The summed E-state index contributed by atoms with van der Waals surface area (Å²) in [6.45, 7) is 13.5. The summed E-state index contributed by atoms with van der Waals surface area (Å²) in [6.07, 6.45) is 27.0. The first-order valence-electron chi connectivity index (χ1n) is 19.1. The molecule has 0 bridgehead atoms. The number of rotatable bonds is 40. The summed E-state index contributed by atoms with van der Waals surface area (Å²) < 4.78 is 73.1. The summed E-state index contributed by atoms with van der Waals surface area (Å²) in [5.74, 6) is 0. The van der Waals surface area contributed by atoms with Crippen LogP contribution < -0.4 is 59.1 Å². The van der Waals surface area contributed by atoms with Crippen LogP contribution in [0.1, 0.15) is 142 Å². The van der Waals surface area contributed by atoms with Crippen LogP contribution in [0.4, 0.5) is 0 Å². The maximum Gasteiger partial charge on any atom is 1.00 e. The molecule has 14 heteroatoms. The Morgan fingerprint density at radius 1 is 0.300 bits per heavy atom. The Labute approximate surface area is 352 Å². The van der Waals surface area contributed by atoms with Gasteiger partial charge in [0.15, 0.2) is 0 Å². The number of unbranched alkanes of at least 4 members (excludes halogenated alkanes) is 18. The average Bonchev–Trinajstić information content (AvgIpc) is 3.05. The number of ether oxygens (including phenoxy) is 7. The molecule has 0 amide bonds. The minimum absolute atomic E-state index is 0. The summed E-state index contributed by atoms with van der Waals surface area (Å²) in [6, 6.07) is 0. The van der Waals surface area contributed by atoms with Crippen molar-refractivity contribution in [3.63, 3.8) is 0 Å². The van der Waals surface area contributed by atoms with Gasteiger partial charge in [0.1, 0.15) is 0 Å². The minimum Gasteiger partial charge on any atom is -0.759 e. The molecule has 0 radical (unpaired) electrons. The van der Waals surface area contributed by atoms with Gasteiger partial charge in [0.25, 0.3) is 0 Å². The molecular formula is C36H74Na2O11S. The summed E-state index contributed by atoms with van der Waals surface area (Å²) in [4.78, 5) is 0. The van der Waals surface area contributed by atoms with Crippen molar-refractivity contribution in [2.45, 2.75) is 142 Å². The van der Waals surface area contributed by atoms with Crippen LogP contribution in [-0.4, -0.2) is 110 Å². The second-order valence-corrected chi connectivity index (χ2v) is 12.9. The molecule has 292 valence electrons. The van der Waals surface area contributed by atoms with Crippen molar-refractivity contribution in [3.05, 3.63) is 0 Å². The van der Waals surface area contributed by atoms with Gasteiger partial charge in [-0.05, 0) is 12.8 Å². The predicted molar refractivity (Wildman–Crippen MR) is 190 cm³/mol. The fourth-order valence-electron chi connectivity index (χ4n) is 4.80. The average molecular weight is 761 g/mol. The van der Waals surface area contributed by atoms with E-state index in [4.69, 9.17) is 50.7 Å². The van der Waals surface area contributed by atoms with Crippen LogP contribution in [-0.2, 0) is 43.6 Å². The van der Waals surface area contributed by atoms with Crippen LogP contribution in [0.3, 0.4) is 0 Å². The normalized spacial score (nSPS) is 11.1. The molecular weight excluding hydrogens is 686 g/mol. The van der Waals surface area contributed by atoms with Crippen molar-refractivity contribution in [1.82, 2.24) is 0 Å². The Morgan fingerprint density at radius 3 is 0.620 bits per heavy atom. The van der Waals surface area contributed by atoms with Gasteiger partial charge in [0.05, 0.1) is 79.3 Å². The molecule has 0 atom stereocenters. The Morgan fingerprint density at radius 2 is 0.440 bits per heavy atom. The monoisotopic (exact) mass is 760 g/mol. The van der Waals surface area contributed by atoms with E-state index in [0.29, 0.717) is 79.3 Å². The molecule has 0 saturated heterocycles. The molecule has 0 aromatic heterocycles. The Hall–Kier alpha value is 1.59. The van der Waals surface area contributed by atoms with E-state index in [0.717, 1.165) is 26.1 Å². The first-order chi connectivity index (χ1) is 23.4. The molecule has 0 saturated carbocycles. The fraction of sp³-hybridized carbons (Fsp3) is 1.00. The van der Waals surface area contributed by atoms with Crippen molar-refractivity contribution in [2.24, 2.45) is 0 Å². The standard InChI is InChI=1S/C36H74O7.2Na.H2O4S/c1-3-5-7-9-11-13-15-17-19-21-23-37-25-27-39-29-31-41-33-35-43-36-34-42-32-30-40-28-26-38-24-22-20-18-16-14-12-10-8-6-4-2;;;1-5(2,3)4/h3-36H2,1-2H3;;;(H2,1,2,3,4)/q;2*+1;/p-2. The zero-order valence-electron chi connectivity index (χ0n) is 32.9. The van der Waals surface area contributed by atoms with Crippen LogP contribution in [0.25, 0.3) is 0 Å². The van der Waals surface area contributed by atoms with Gasteiger partial charge in [0.2, 0.25) is 0 Å². The summed E-state index contributed by atoms with van der Waals surface area (Å²) in [7, 11) is -5.17. The second-order valence-electron chi connectivity index (χ2n) is 12.1. The largest absolute Gasteiger partial charge is 1.00 e. The maximum absolute atomic E-state index is 8.52. The third kappa shape index (κ3) is 67.7. The second kappa shape index (κ2) is 52.7. The Bertz CT molecular complexity index is 632. The van der Waals surface area contributed by atoms with Gasteiger partial charge in [0, 0.05) is 23.6 Å². The summed E-state index contributed by atoms with van der Waals surface area (Å²) in [5.41, 5.74) is 0. The van der Waals surface area contributed by atoms with Gasteiger partial charge in [-0.15, -0.1) is 0 Å². The minimum atomic E-state index is -5.17. The van der Waals surface area contributed by atoms with Crippen molar-refractivity contribution in [1.29, 1.82) is 0 Å². The van der Waals surface area contributed by atoms with Crippen molar-refractivity contribution in [2.75, 3.05) is 92.5 Å². The van der Waals surface area contributed by atoms with Gasteiger partial charge in [-0.3, -0.25) is 8.42 Å². The Balaban J connectivity index is -0.00000140. The van der Waals surface area contributed by atoms with E-state index < -0.39 is 10.4 Å². The van der Waals surface area contributed by atoms with Crippen LogP contribution in [0.15, 0.2) is 0 Å². The molecule has 0 spiro atoms. The van der Waals surface area contributed by atoms with E-state index in [-0.39, 0.29) is 59.1 Å².